The number of thioether (sulfide) groups is 1. The Bertz CT molecular complexity index is 836. The standard InChI is InChI=1S/C16H14ClF2N3O2S/c1-24-13(23)6-8-5-10(19)12(7-9(8)18)20-15-14-11(3-2-4-25-14)21-16(17)22-15/h5,7H,2-4,6H2,1H3,(H,20,21,22). The zero-order chi connectivity index (χ0) is 18.0. The average Bonchev–Trinajstić information content (AvgIpc) is 2.59. The molecule has 0 amide bonds. The molecule has 0 radical (unpaired) electrons. The molecule has 9 heteroatoms. The van der Waals surface area contributed by atoms with Gasteiger partial charge in [0.05, 0.1) is 29.8 Å². The fourth-order valence-electron chi connectivity index (χ4n) is 2.46. The Labute approximate surface area is 152 Å². The number of fused-ring (bicyclic) bond motifs is 1. The van der Waals surface area contributed by atoms with Crippen LogP contribution in [0, 0.1) is 11.6 Å². The average molecular weight is 386 g/mol. The second-order valence-electron chi connectivity index (χ2n) is 5.37. The van der Waals surface area contributed by atoms with Gasteiger partial charge in [0.1, 0.15) is 17.5 Å². The lowest BCUT2D eigenvalue weighted by Gasteiger charge is -2.18. The highest BCUT2D eigenvalue weighted by Gasteiger charge is 2.20. The first-order valence-corrected chi connectivity index (χ1v) is 8.85. The van der Waals surface area contributed by atoms with Crippen LogP contribution in [-0.4, -0.2) is 28.8 Å². The number of aryl methyl sites for hydroxylation is 1. The summed E-state index contributed by atoms with van der Waals surface area (Å²) >= 11 is 7.47. The van der Waals surface area contributed by atoms with Crippen LogP contribution in [0.5, 0.6) is 0 Å². The summed E-state index contributed by atoms with van der Waals surface area (Å²) in [5, 5.41) is 2.84. The number of benzene rings is 1. The van der Waals surface area contributed by atoms with Crippen LogP contribution in [0.25, 0.3) is 0 Å². The van der Waals surface area contributed by atoms with Crippen LogP contribution >= 0.6 is 23.4 Å². The van der Waals surface area contributed by atoms with Gasteiger partial charge < -0.3 is 10.1 Å². The molecule has 1 aromatic heterocycles. The predicted molar refractivity (Wildman–Crippen MR) is 91.4 cm³/mol. The molecule has 2 aromatic rings. The number of ether oxygens (including phenoxy) is 1. The van der Waals surface area contributed by atoms with E-state index in [9.17, 15) is 13.6 Å². The summed E-state index contributed by atoms with van der Waals surface area (Å²) in [5.41, 5.74) is 0.628. The van der Waals surface area contributed by atoms with Crippen LogP contribution in [0.15, 0.2) is 17.0 Å². The highest BCUT2D eigenvalue weighted by molar-refractivity contribution is 7.99. The van der Waals surface area contributed by atoms with Crippen molar-refractivity contribution in [1.29, 1.82) is 0 Å². The molecule has 0 bridgehead atoms. The van der Waals surface area contributed by atoms with E-state index >= 15 is 0 Å². The summed E-state index contributed by atoms with van der Waals surface area (Å²) in [4.78, 5) is 20.3. The van der Waals surface area contributed by atoms with Crippen LogP contribution in [0.4, 0.5) is 20.3 Å². The molecule has 132 valence electrons. The number of nitrogens with one attached hydrogen (secondary N) is 1. The van der Waals surface area contributed by atoms with Crippen LogP contribution in [-0.2, 0) is 22.4 Å². The summed E-state index contributed by atoms with van der Waals surface area (Å²) in [5.74, 6) is -0.826. The first-order valence-electron chi connectivity index (χ1n) is 7.49. The number of halogens is 3. The lowest BCUT2D eigenvalue weighted by atomic mass is 10.1. The highest BCUT2D eigenvalue weighted by atomic mass is 35.5. The maximum Gasteiger partial charge on any atom is 0.310 e. The minimum atomic E-state index is -0.712. The molecule has 25 heavy (non-hydrogen) atoms. The topological polar surface area (TPSA) is 64.1 Å². The van der Waals surface area contributed by atoms with Gasteiger partial charge in [-0.1, -0.05) is 0 Å². The van der Waals surface area contributed by atoms with E-state index in [1.165, 1.54) is 7.11 Å². The lowest BCUT2D eigenvalue weighted by Crippen LogP contribution is -2.10. The number of hydrogen-bond donors (Lipinski definition) is 1. The fraction of sp³-hybridized carbons (Fsp3) is 0.312. The van der Waals surface area contributed by atoms with Crippen LogP contribution in [0.1, 0.15) is 17.7 Å². The van der Waals surface area contributed by atoms with Crippen molar-refractivity contribution in [1.82, 2.24) is 9.97 Å². The van der Waals surface area contributed by atoms with E-state index in [0.29, 0.717) is 5.82 Å². The summed E-state index contributed by atoms with van der Waals surface area (Å²) < 4.78 is 33.0. The molecule has 3 rings (SSSR count). The molecular formula is C16H14ClF2N3O2S. The highest BCUT2D eigenvalue weighted by Crippen LogP contribution is 2.36. The zero-order valence-electron chi connectivity index (χ0n) is 13.2. The molecule has 0 aliphatic carbocycles. The first-order chi connectivity index (χ1) is 12.0. The van der Waals surface area contributed by atoms with Gasteiger partial charge in [0.25, 0.3) is 0 Å². The molecule has 0 atom stereocenters. The third-order valence-corrected chi connectivity index (χ3v) is 5.04. The van der Waals surface area contributed by atoms with E-state index in [1.54, 1.807) is 11.8 Å². The largest absolute Gasteiger partial charge is 0.469 e. The lowest BCUT2D eigenvalue weighted by molar-refractivity contribution is -0.139. The van der Waals surface area contributed by atoms with Crippen LogP contribution in [0.3, 0.4) is 0 Å². The van der Waals surface area contributed by atoms with Crippen molar-refractivity contribution in [3.63, 3.8) is 0 Å². The molecule has 5 nitrogen and oxygen atoms in total. The SMILES string of the molecule is COC(=O)Cc1cc(F)c(Nc2nc(Cl)nc3c2SCCC3)cc1F. The Kier molecular flexibility index (Phi) is 5.39. The van der Waals surface area contributed by atoms with Gasteiger partial charge >= 0.3 is 5.97 Å². The van der Waals surface area contributed by atoms with E-state index in [2.05, 4.69) is 20.0 Å². The number of rotatable bonds is 4. The molecule has 0 fully saturated rings. The Hall–Kier alpha value is -1.93. The molecule has 0 spiro atoms. The maximum atomic E-state index is 14.3. The normalized spacial score (nSPS) is 13.3. The molecule has 1 N–H and O–H groups in total. The van der Waals surface area contributed by atoms with E-state index in [0.717, 1.165) is 41.3 Å². The third-order valence-electron chi connectivity index (χ3n) is 3.66. The molecule has 1 aliphatic heterocycles. The second-order valence-corrected chi connectivity index (χ2v) is 6.81. The Morgan fingerprint density at radius 2 is 2.16 bits per heavy atom. The van der Waals surface area contributed by atoms with Gasteiger partial charge in [0.2, 0.25) is 5.28 Å². The Balaban J connectivity index is 1.92. The minimum Gasteiger partial charge on any atom is -0.469 e. The van der Waals surface area contributed by atoms with Crippen molar-refractivity contribution in [3.05, 3.63) is 40.3 Å². The quantitative estimate of drug-likeness (QED) is 0.636. The summed E-state index contributed by atoms with van der Waals surface area (Å²) in [6.45, 7) is 0. The van der Waals surface area contributed by atoms with Gasteiger partial charge in [-0.25, -0.2) is 13.8 Å². The summed E-state index contributed by atoms with van der Waals surface area (Å²) in [6.07, 6.45) is 1.38. The maximum absolute atomic E-state index is 14.3. The number of methoxy groups -OCH3 is 1. The number of esters is 1. The van der Waals surface area contributed by atoms with Crippen molar-refractivity contribution < 1.29 is 18.3 Å². The second kappa shape index (κ2) is 7.53. The van der Waals surface area contributed by atoms with Crippen molar-refractivity contribution in [2.45, 2.75) is 24.2 Å². The van der Waals surface area contributed by atoms with Gasteiger partial charge in [-0.2, -0.15) is 4.98 Å². The van der Waals surface area contributed by atoms with Gasteiger partial charge in [-0.3, -0.25) is 4.79 Å². The zero-order valence-corrected chi connectivity index (χ0v) is 14.8. The number of aromatic nitrogens is 2. The number of hydrogen-bond acceptors (Lipinski definition) is 6. The smallest absolute Gasteiger partial charge is 0.310 e. The predicted octanol–water partition coefficient (Wildman–Crippen LogP) is 3.91. The van der Waals surface area contributed by atoms with Crippen molar-refractivity contribution in [2.24, 2.45) is 0 Å². The molecule has 0 saturated heterocycles. The van der Waals surface area contributed by atoms with Crippen molar-refractivity contribution in [2.75, 3.05) is 18.2 Å². The Morgan fingerprint density at radius 3 is 2.92 bits per heavy atom. The molecule has 0 saturated carbocycles. The van der Waals surface area contributed by atoms with Crippen LogP contribution in [0.2, 0.25) is 5.28 Å². The van der Waals surface area contributed by atoms with E-state index in [1.807, 2.05) is 0 Å². The number of carbonyl (C=O) groups is 1. The van der Waals surface area contributed by atoms with E-state index in [-0.39, 0.29) is 23.0 Å². The van der Waals surface area contributed by atoms with Gasteiger partial charge in [-0.05, 0) is 36.3 Å². The molecule has 2 heterocycles. The molecule has 1 aromatic carbocycles. The monoisotopic (exact) mass is 385 g/mol. The Morgan fingerprint density at radius 1 is 1.36 bits per heavy atom. The number of nitrogens with zero attached hydrogens (tertiary/aromatic N) is 2. The van der Waals surface area contributed by atoms with E-state index < -0.39 is 17.6 Å². The molecule has 1 aliphatic rings. The molecular weight excluding hydrogens is 372 g/mol. The van der Waals surface area contributed by atoms with Crippen LogP contribution < -0.4 is 5.32 Å². The summed E-state index contributed by atoms with van der Waals surface area (Å²) in [7, 11) is 1.19. The van der Waals surface area contributed by atoms with Gasteiger partial charge in [-0.15, -0.1) is 11.8 Å². The summed E-state index contributed by atoms with van der Waals surface area (Å²) in [6, 6.07) is 1.96. The van der Waals surface area contributed by atoms with Gasteiger partial charge in [0, 0.05) is 11.6 Å². The van der Waals surface area contributed by atoms with Crippen molar-refractivity contribution >= 4 is 40.8 Å². The number of anilines is 2. The van der Waals surface area contributed by atoms with Gasteiger partial charge in [0.15, 0.2) is 0 Å². The van der Waals surface area contributed by atoms with Crippen molar-refractivity contribution in [3.8, 4) is 0 Å². The first kappa shape index (κ1) is 17.9. The minimum absolute atomic E-state index is 0.0481. The molecule has 0 unspecified atom stereocenters. The number of carbonyl (C=O) groups excluding carboxylic acids is 1. The fourth-order valence-corrected chi connectivity index (χ4v) is 3.69. The van der Waals surface area contributed by atoms with E-state index in [4.69, 9.17) is 11.6 Å². The third kappa shape index (κ3) is 4.01.